The molecule has 0 aliphatic heterocycles. The normalized spacial score (nSPS) is 11.4. The van der Waals surface area contributed by atoms with Crippen molar-refractivity contribution in [1.82, 2.24) is 4.98 Å². The van der Waals surface area contributed by atoms with Crippen molar-refractivity contribution in [2.45, 2.75) is 20.8 Å². The molecule has 1 aromatic heterocycles. The van der Waals surface area contributed by atoms with Crippen LogP contribution < -0.4 is 9.47 Å². The van der Waals surface area contributed by atoms with E-state index < -0.39 is 0 Å². The number of benzene rings is 2. The van der Waals surface area contributed by atoms with Crippen LogP contribution in [0, 0.1) is 13.8 Å². The zero-order chi connectivity index (χ0) is 18.0. The minimum absolute atomic E-state index is 0.592. The van der Waals surface area contributed by atoms with Crippen molar-refractivity contribution in [3.8, 4) is 11.5 Å². The molecule has 25 heavy (non-hydrogen) atoms. The molecular formula is C20H20BrNO2S. The fourth-order valence-corrected chi connectivity index (χ4v) is 4.08. The third kappa shape index (κ3) is 3.88. The predicted octanol–water partition coefficient (Wildman–Crippen LogP) is 6.25. The van der Waals surface area contributed by atoms with Crippen LogP contribution in [0.15, 0.2) is 28.7 Å². The lowest BCUT2D eigenvalue weighted by Crippen LogP contribution is -1.96. The molecule has 0 spiro atoms. The molecule has 3 rings (SSSR count). The topological polar surface area (TPSA) is 31.4 Å². The Hall–Kier alpha value is -1.85. The number of fused-ring (bicyclic) bond motifs is 1. The van der Waals surface area contributed by atoms with E-state index in [0.717, 1.165) is 26.3 Å². The Morgan fingerprint density at radius 3 is 2.60 bits per heavy atom. The number of halogens is 1. The average molecular weight is 418 g/mol. The maximum absolute atomic E-state index is 5.63. The van der Waals surface area contributed by atoms with Crippen LogP contribution in [-0.4, -0.2) is 18.7 Å². The minimum atomic E-state index is 0.592. The van der Waals surface area contributed by atoms with Crippen LogP contribution in [0.1, 0.15) is 28.6 Å². The molecule has 0 aliphatic rings. The number of thiazole rings is 1. The molecule has 2 aromatic carbocycles. The molecule has 0 saturated heterocycles. The van der Waals surface area contributed by atoms with Gasteiger partial charge in [0.25, 0.3) is 0 Å². The van der Waals surface area contributed by atoms with E-state index in [2.05, 4.69) is 41.9 Å². The van der Waals surface area contributed by atoms with Gasteiger partial charge >= 0.3 is 0 Å². The second-order valence-electron chi connectivity index (χ2n) is 5.76. The van der Waals surface area contributed by atoms with Gasteiger partial charge < -0.3 is 9.47 Å². The summed E-state index contributed by atoms with van der Waals surface area (Å²) in [5.41, 5.74) is 4.65. The monoisotopic (exact) mass is 417 g/mol. The Bertz CT molecular complexity index is 908. The molecule has 1 heterocycles. The summed E-state index contributed by atoms with van der Waals surface area (Å²) in [5, 5.41) is 0.990. The van der Waals surface area contributed by atoms with Crippen molar-refractivity contribution in [3.05, 3.63) is 50.4 Å². The third-order valence-electron chi connectivity index (χ3n) is 3.98. The lowest BCUT2D eigenvalue weighted by Gasteiger charge is -2.12. The Labute approximate surface area is 160 Å². The summed E-state index contributed by atoms with van der Waals surface area (Å²) in [6.07, 6.45) is 4.08. The van der Waals surface area contributed by atoms with Crippen molar-refractivity contribution in [2.24, 2.45) is 0 Å². The number of rotatable bonds is 5. The van der Waals surface area contributed by atoms with E-state index in [-0.39, 0.29) is 0 Å². The van der Waals surface area contributed by atoms with E-state index in [4.69, 9.17) is 14.5 Å². The first-order valence-electron chi connectivity index (χ1n) is 8.08. The summed E-state index contributed by atoms with van der Waals surface area (Å²) in [6, 6.07) is 8.34. The van der Waals surface area contributed by atoms with Crippen LogP contribution in [0.5, 0.6) is 11.5 Å². The number of nitrogens with zero attached hydrogens (tertiary/aromatic N) is 1. The first-order valence-corrected chi connectivity index (χ1v) is 9.69. The maximum Gasteiger partial charge on any atom is 0.175 e. The second-order valence-corrected chi connectivity index (χ2v) is 7.67. The molecule has 0 atom stereocenters. The van der Waals surface area contributed by atoms with Gasteiger partial charge in [-0.3, -0.25) is 0 Å². The Morgan fingerprint density at radius 1 is 1.12 bits per heavy atom. The molecule has 0 unspecified atom stereocenters. The van der Waals surface area contributed by atoms with E-state index in [0.29, 0.717) is 12.4 Å². The lowest BCUT2D eigenvalue weighted by atomic mass is 10.1. The van der Waals surface area contributed by atoms with Crippen LogP contribution in [0.3, 0.4) is 0 Å². The number of ether oxygens (including phenoxy) is 2. The average Bonchev–Trinajstić information content (AvgIpc) is 2.97. The molecule has 0 aliphatic carbocycles. The SMILES string of the molecule is CCOc1c(Br)cc(/C=C/c2nc3cc(C)c(C)cc3s2)cc1OC. The summed E-state index contributed by atoms with van der Waals surface area (Å²) in [6.45, 7) is 6.80. The van der Waals surface area contributed by atoms with Gasteiger partial charge in [0.15, 0.2) is 11.5 Å². The number of aromatic nitrogens is 1. The molecule has 0 N–H and O–H groups in total. The zero-order valence-electron chi connectivity index (χ0n) is 14.7. The first kappa shape index (κ1) is 18.0. The van der Waals surface area contributed by atoms with Gasteiger partial charge in [-0.05, 0) is 83.7 Å². The molecule has 3 aromatic rings. The summed E-state index contributed by atoms with van der Waals surface area (Å²) in [4.78, 5) is 4.71. The number of hydrogen-bond acceptors (Lipinski definition) is 4. The smallest absolute Gasteiger partial charge is 0.175 e. The molecule has 130 valence electrons. The maximum atomic E-state index is 5.63. The van der Waals surface area contributed by atoms with Gasteiger partial charge in [-0.15, -0.1) is 11.3 Å². The highest BCUT2D eigenvalue weighted by Crippen LogP contribution is 2.37. The van der Waals surface area contributed by atoms with Gasteiger partial charge in [-0.25, -0.2) is 4.98 Å². The van der Waals surface area contributed by atoms with Gasteiger partial charge in [0, 0.05) is 0 Å². The molecule has 0 bridgehead atoms. The zero-order valence-corrected chi connectivity index (χ0v) is 17.1. The Balaban J connectivity index is 1.92. The predicted molar refractivity (Wildman–Crippen MR) is 110 cm³/mol. The van der Waals surface area contributed by atoms with Gasteiger partial charge in [0.05, 0.1) is 28.4 Å². The van der Waals surface area contributed by atoms with E-state index in [9.17, 15) is 0 Å². The summed E-state index contributed by atoms with van der Waals surface area (Å²) in [7, 11) is 1.65. The molecule has 0 radical (unpaired) electrons. The van der Waals surface area contributed by atoms with Crippen LogP contribution in [0.2, 0.25) is 0 Å². The number of hydrogen-bond donors (Lipinski definition) is 0. The Morgan fingerprint density at radius 2 is 1.88 bits per heavy atom. The molecular weight excluding hydrogens is 398 g/mol. The van der Waals surface area contributed by atoms with Crippen LogP contribution >= 0.6 is 27.3 Å². The van der Waals surface area contributed by atoms with Crippen molar-refractivity contribution in [1.29, 1.82) is 0 Å². The highest BCUT2D eigenvalue weighted by molar-refractivity contribution is 9.10. The van der Waals surface area contributed by atoms with Crippen LogP contribution in [0.25, 0.3) is 22.4 Å². The lowest BCUT2D eigenvalue weighted by molar-refractivity contribution is 0.309. The first-order chi connectivity index (χ1) is 12.0. The van der Waals surface area contributed by atoms with Crippen molar-refractivity contribution in [3.63, 3.8) is 0 Å². The molecule has 5 heteroatoms. The quantitative estimate of drug-likeness (QED) is 0.491. The van der Waals surface area contributed by atoms with Gasteiger partial charge in [-0.1, -0.05) is 6.08 Å². The summed E-state index contributed by atoms with van der Waals surface area (Å²) in [5.74, 6) is 1.44. The van der Waals surface area contributed by atoms with E-state index in [1.165, 1.54) is 15.8 Å². The fraction of sp³-hybridized carbons (Fsp3) is 0.250. The van der Waals surface area contributed by atoms with Gasteiger partial charge in [0.1, 0.15) is 5.01 Å². The molecule has 0 fully saturated rings. The van der Waals surface area contributed by atoms with Crippen molar-refractivity contribution < 1.29 is 9.47 Å². The van der Waals surface area contributed by atoms with Crippen LogP contribution in [-0.2, 0) is 0 Å². The third-order valence-corrected chi connectivity index (χ3v) is 5.55. The largest absolute Gasteiger partial charge is 0.493 e. The second kappa shape index (κ2) is 7.58. The van der Waals surface area contributed by atoms with Gasteiger partial charge in [-0.2, -0.15) is 0 Å². The van der Waals surface area contributed by atoms with Crippen LogP contribution in [0.4, 0.5) is 0 Å². The van der Waals surface area contributed by atoms with Crippen molar-refractivity contribution in [2.75, 3.05) is 13.7 Å². The summed E-state index contributed by atoms with van der Waals surface area (Å²) < 4.78 is 13.2. The molecule has 0 amide bonds. The Kier molecular flexibility index (Phi) is 5.45. The number of aryl methyl sites for hydroxylation is 2. The standard InChI is InChI=1S/C20H20BrNO2S/c1-5-24-20-15(21)10-14(11-17(20)23-4)6-7-19-22-16-8-12(2)13(3)9-18(16)25-19/h6-11H,5H2,1-4H3/b7-6+. The number of methoxy groups -OCH3 is 1. The van der Waals surface area contributed by atoms with Gasteiger partial charge in [0.2, 0.25) is 0 Å². The van der Waals surface area contributed by atoms with E-state index >= 15 is 0 Å². The summed E-state index contributed by atoms with van der Waals surface area (Å²) >= 11 is 5.26. The highest BCUT2D eigenvalue weighted by Gasteiger charge is 2.10. The molecule has 0 saturated carbocycles. The minimum Gasteiger partial charge on any atom is -0.493 e. The van der Waals surface area contributed by atoms with Crippen molar-refractivity contribution >= 4 is 49.6 Å². The highest BCUT2D eigenvalue weighted by atomic mass is 79.9. The van der Waals surface area contributed by atoms with E-state index in [1.54, 1.807) is 18.4 Å². The molecule has 3 nitrogen and oxygen atoms in total. The van der Waals surface area contributed by atoms with E-state index in [1.807, 2.05) is 31.2 Å². The fourth-order valence-electron chi connectivity index (χ4n) is 2.56.